The van der Waals surface area contributed by atoms with Crippen LogP contribution < -0.4 is 4.90 Å². The Morgan fingerprint density at radius 1 is 0.292 bits per heavy atom. The molecular weight excluding hydrogens is 789 g/mol. The van der Waals surface area contributed by atoms with Gasteiger partial charge in [-0.3, -0.25) is 0 Å². The van der Waals surface area contributed by atoms with Crippen LogP contribution in [0.25, 0.3) is 104 Å². The maximum Gasteiger partial charge on any atom is 0.159 e. The molecule has 2 aromatic heterocycles. The lowest BCUT2D eigenvalue weighted by Gasteiger charge is -2.26. The van der Waals surface area contributed by atoms with Gasteiger partial charge in [-0.25, -0.2) is 0 Å². The Morgan fingerprint density at radius 3 is 1.31 bits per heavy atom. The van der Waals surface area contributed by atoms with E-state index in [4.69, 9.17) is 4.42 Å². The highest BCUT2D eigenvalue weighted by Crippen LogP contribution is 2.46. The van der Waals surface area contributed by atoms with Crippen molar-refractivity contribution in [3.8, 4) is 39.1 Å². The average molecular weight is 829 g/mol. The van der Waals surface area contributed by atoms with Crippen LogP contribution in [0.5, 0.6) is 0 Å². The highest BCUT2D eigenvalue weighted by Gasteiger charge is 2.21. The molecule has 3 heteroatoms. The summed E-state index contributed by atoms with van der Waals surface area (Å²) < 4.78 is 9.35. The zero-order valence-corrected chi connectivity index (χ0v) is 35.4. The summed E-state index contributed by atoms with van der Waals surface area (Å²) in [5.41, 5.74) is 15.4. The van der Waals surface area contributed by atoms with Gasteiger partial charge in [0.2, 0.25) is 0 Å². The smallest absolute Gasteiger partial charge is 0.159 e. The number of aromatic nitrogens is 1. The Bertz CT molecular complexity index is 3870. The van der Waals surface area contributed by atoms with Crippen molar-refractivity contribution in [1.82, 2.24) is 4.57 Å². The third kappa shape index (κ3) is 5.97. The number of hydrogen-bond donors (Lipinski definition) is 0. The molecule has 13 rings (SSSR count). The molecule has 0 saturated carbocycles. The summed E-state index contributed by atoms with van der Waals surface area (Å²) in [6.45, 7) is 0. The van der Waals surface area contributed by atoms with Crippen molar-refractivity contribution in [2.24, 2.45) is 0 Å². The summed E-state index contributed by atoms with van der Waals surface area (Å²) in [6.07, 6.45) is 0. The van der Waals surface area contributed by atoms with Gasteiger partial charge in [-0.05, 0) is 110 Å². The first-order valence-electron chi connectivity index (χ1n) is 22.3. The number of anilines is 3. The van der Waals surface area contributed by atoms with E-state index in [9.17, 15) is 0 Å². The van der Waals surface area contributed by atoms with Crippen LogP contribution in [-0.2, 0) is 0 Å². The Morgan fingerprint density at radius 2 is 0.723 bits per heavy atom. The van der Waals surface area contributed by atoms with Crippen LogP contribution in [0.1, 0.15) is 0 Å². The maximum absolute atomic E-state index is 7.01. The van der Waals surface area contributed by atoms with Gasteiger partial charge in [0.05, 0.1) is 16.7 Å². The first-order valence-corrected chi connectivity index (χ1v) is 22.3. The summed E-state index contributed by atoms with van der Waals surface area (Å²) >= 11 is 0. The van der Waals surface area contributed by atoms with Crippen LogP contribution in [0.2, 0.25) is 0 Å². The Hall–Kier alpha value is -8.66. The summed E-state index contributed by atoms with van der Waals surface area (Å²) in [4.78, 5) is 2.34. The van der Waals surface area contributed by atoms with Crippen LogP contribution >= 0.6 is 0 Å². The molecule has 0 bridgehead atoms. The van der Waals surface area contributed by atoms with E-state index in [-0.39, 0.29) is 0 Å². The summed E-state index contributed by atoms with van der Waals surface area (Å²) in [5.74, 6) is 0. The molecule has 0 unspecified atom stereocenters. The number of nitrogens with zero attached hydrogens (tertiary/aromatic N) is 2. The van der Waals surface area contributed by atoms with Gasteiger partial charge < -0.3 is 13.9 Å². The fraction of sp³-hybridized carbons (Fsp3) is 0. The number of furan rings is 1. The Balaban J connectivity index is 0.984. The van der Waals surface area contributed by atoms with Crippen molar-refractivity contribution in [1.29, 1.82) is 0 Å². The molecule has 0 amide bonds. The van der Waals surface area contributed by atoms with Crippen LogP contribution in [0.4, 0.5) is 17.1 Å². The first-order chi connectivity index (χ1) is 32.3. The molecule has 11 aromatic carbocycles. The first kappa shape index (κ1) is 36.9. The Labute approximate surface area is 376 Å². The van der Waals surface area contributed by atoms with E-state index in [1.807, 2.05) is 0 Å². The lowest BCUT2D eigenvalue weighted by Crippen LogP contribution is -2.09. The van der Waals surface area contributed by atoms with Gasteiger partial charge in [-0.2, -0.15) is 0 Å². The van der Waals surface area contributed by atoms with Crippen LogP contribution in [0.3, 0.4) is 0 Å². The van der Waals surface area contributed by atoms with Crippen molar-refractivity contribution < 1.29 is 4.42 Å². The topological polar surface area (TPSA) is 21.3 Å². The van der Waals surface area contributed by atoms with E-state index in [0.717, 1.165) is 55.7 Å². The van der Waals surface area contributed by atoms with Gasteiger partial charge in [0.25, 0.3) is 0 Å². The summed E-state index contributed by atoms with van der Waals surface area (Å²) in [7, 11) is 0. The minimum Gasteiger partial charge on any atom is -0.454 e. The van der Waals surface area contributed by atoms with Crippen molar-refractivity contribution in [3.05, 3.63) is 243 Å². The third-order valence-electron chi connectivity index (χ3n) is 13.2. The molecule has 0 aliphatic carbocycles. The third-order valence-corrected chi connectivity index (χ3v) is 13.2. The van der Waals surface area contributed by atoms with Crippen molar-refractivity contribution >= 4 is 82.4 Å². The normalized spacial score (nSPS) is 11.7. The summed E-state index contributed by atoms with van der Waals surface area (Å²) in [5, 5.41) is 9.62. The molecule has 0 spiro atoms. The zero-order chi connectivity index (χ0) is 42.8. The van der Waals surface area contributed by atoms with Crippen molar-refractivity contribution in [2.45, 2.75) is 0 Å². The van der Waals surface area contributed by atoms with Gasteiger partial charge in [0, 0.05) is 44.7 Å². The quantitative estimate of drug-likeness (QED) is 0.149. The van der Waals surface area contributed by atoms with Crippen LogP contribution in [0.15, 0.2) is 247 Å². The minimum atomic E-state index is 0.836. The number of rotatable bonds is 7. The number of para-hydroxylation sites is 3. The molecule has 0 fully saturated rings. The number of benzene rings is 11. The lowest BCUT2D eigenvalue weighted by atomic mass is 9.85. The SMILES string of the molecule is c1ccc(-c2ccc(N(c3ccc(-c4c(-c5ccccc5)c5ccccc5c5ccccc45)cc3)c3ccc4c(c3)oc3c(-n5c6ccccc6c6ccccc65)cccc34)cc2)cc1. The molecule has 0 aliphatic rings. The van der Waals surface area contributed by atoms with E-state index in [0.29, 0.717) is 0 Å². The number of fused-ring (bicyclic) bond motifs is 9. The van der Waals surface area contributed by atoms with E-state index >= 15 is 0 Å². The molecule has 0 radical (unpaired) electrons. The largest absolute Gasteiger partial charge is 0.454 e. The van der Waals surface area contributed by atoms with Gasteiger partial charge in [-0.15, -0.1) is 0 Å². The molecular formula is C62H40N2O. The van der Waals surface area contributed by atoms with Gasteiger partial charge in [0.1, 0.15) is 5.58 Å². The highest BCUT2D eigenvalue weighted by molar-refractivity contribution is 6.21. The average Bonchev–Trinajstić information content (AvgIpc) is 3.93. The number of hydrogen-bond acceptors (Lipinski definition) is 2. The minimum absolute atomic E-state index is 0.836. The molecule has 0 aliphatic heterocycles. The lowest BCUT2D eigenvalue weighted by molar-refractivity contribution is 0.666. The van der Waals surface area contributed by atoms with Gasteiger partial charge in [-0.1, -0.05) is 182 Å². The van der Waals surface area contributed by atoms with Gasteiger partial charge >= 0.3 is 0 Å². The second kappa shape index (κ2) is 15.0. The van der Waals surface area contributed by atoms with E-state index in [1.54, 1.807) is 0 Å². The molecule has 0 N–H and O–H groups in total. The van der Waals surface area contributed by atoms with Crippen molar-refractivity contribution in [3.63, 3.8) is 0 Å². The fourth-order valence-electron chi connectivity index (χ4n) is 10.3. The van der Waals surface area contributed by atoms with Crippen molar-refractivity contribution in [2.75, 3.05) is 4.90 Å². The molecule has 0 saturated heterocycles. The predicted octanol–water partition coefficient (Wildman–Crippen LogP) is 17.5. The molecule has 3 nitrogen and oxygen atoms in total. The second-order valence-electron chi connectivity index (χ2n) is 16.8. The molecule has 2 heterocycles. The Kier molecular flexibility index (Phi) is 8.53. The highest BCUT2D eigenvalue weighted by atomic mass is 16.3. The molecule has 13 aromatic rings. The van der Waals surface area contributed by atoms with Crippen LogP contribution in [0, 0.1) is 0 Å². The molecule has 304 valence electrons. The second-order valence-corrected chi connectivity index (χ2v) is 16.8. The summed E-state index contributed by atoms with van der Waals surface area (Å²) in [6, 6.07) is 87.5. The maximum atomic E-state index is 7.01. The standard InChI is InChI=1S/C62H40N2O/c1-3-16-41(17-4-1)42-30-34-45(35-31-42)63(46-36-32-44(33-37-46)61-54-25-10-8-21-49(54)48-20-7-9-24-53(48)60(61)43-18-5-2-6-19-43)47-38-39-52-55-26-15-29-58(62(55)65-59(52)40-47)64-56-27-13-11-22-50(56)51-23-12-14-28-57(51)64/h1-40H. The fourth-order valence-corrected chi connectivity index (χ4v) is 10.3. The van der Waals surface area contributed by atoms with E-state index < -0.39 is 0 Å². The van der Waals surface area contributed by atoms with Gasteiger partial charge in [0.15, 0.2) is 5.58 Å². The van der Waals surface area contributed by atoms with E-state index in [1.165, 1.54) is 65.7 Å². The monoisotopic (exact) mass is 828 g/mol. The molecule has 0 atom stereocenters. The zero-order valence-electron chi connectivity index (χ0n) is 35.4. The predicted molar refractivity (Wildman–Crippen MR) is 274 cm³/mol. The molecule has 65 heavy (non-hydrogen) atoms. The van der Waals surface area contributed by atoms with Crippen LogP contribution in [-0.4, -0.2) is 4.57 Å². The van der Waals surface area contributed by atoms with E-state index in [2.05, 4.69) is 252 Å².